The van der Waals surface area contributed by atoms with E-state index in [-0.39, 0.29) is 0 Å². The molecule has 2 aromatic rings. The Morgan fingerprint density at radius 1 is 1.45 bits per heavy atom. The van der Waals surface area contributed by atoms with Crippen LogP contribution in [0.2, 0.25) is 5.15 Å². The summed E-state index contributed by atoms with van der Waals surface area (Å²) in [6, 6.07) is 2.00. The number of fused-ring (bicyclic) bond motifs is 1. The van der Waals surface area contributed by atoms with Gasteiger partial charge in [0.05, 0.1) is 0 Å². The van der Waals surface area contributed by atoms with Crippen LogP contribution in [-0.4, -0.2) is 9.97 Å². The first-order chi connectivity index (χ1) is 5.27. The van der Waals surface area contributed by atoms with Crippen molar-refractivity contribution in [3.05, 3.63) is 22.4 Å². The molecule has 0 aromatic carbocycles. The lowest BCUT2D eigenvalue weighted by Gasteiger charge is -1.87. The number of thiophene rings is 1. The Hall–Kier alpha value is -0.670. The van der Waals surface area contributed by atoms with Crippen molar-refractivity contribution >= 4 is 33.2 Å². The average Bonchev–Trinajstić information content (AvgIpc) is 2.31. The molecule has 0 radical (unpaired) electrons. The van der Waals surface area contributed by atoms with Crippen molar-refractivity contribution in [2.45, 2.75) is 6.92 Å². The van der Waals surface area contributed by atoms with Crippen molar-refractivity contribution < 1.29 is 0 Å². The maximum absolute atomic E-state index is 5.83. The Kier molecular flexibility index (Phi) is 1.55. The number of aryl methyl sites for hydroxylation is 1. The van der Waals surface area contributed by atoms with Crippen molar-refractivity contribution in [2.24, 2.45) is 0 Å². The van der Waals surface area contributed by atoms with E-state index in [2.05, 4.69) is 9.97 Å². The molecule has 0 saturated carbocycles. The van der Waals surface area contributed by atoms with Gasteiger partial charge in [-0.15, -0.1) is 11.3 Å². The minimum atomic E-state index is 0.541. The van der Waals surface area contributed by atoms with E-state index < -0.39 is 0 Å². The van der Waals surface area contributed by atoms with Crippen molar-refractivity contribution in [1.82, 2.24) is 9.97 Å². The van der Waals surface area contributed by atoms with E-state index in [9.17, 15) is 0 Å². The van der Waals surface area contributed by atoms with E-state index in [0.717, 1.165) is 10.2 Å². The zero-order valence-electron chi connectivity index (χ0n) is 5.84. The van der Waals surface area contributed by atoms with Crippen LogP contribution in [-0.2, 0) is 0 Å². The molecular weight excluding hydrogens is 180 g/mol. The molecule has 0 unspecified atom stereocenters. The Morgan fingerprint density at radius 3 is 3.00 bits per heavy atom. The quantitative estimate of drug-likeness (QED) is 0.589. The highest BCUT2D eigenvalue weighted by atomic mass is 35.5. The highest BCUT2D eigenvalue weighted by molar-refractivity contribution is 7.18. The smallest absolute Gasteiger partial charge is 0.141 e. The fourth-order valence-electron chi connectivity index (χ4n) is 0.947. The molecule has 56 valence electrons. The van der Waals surface area contributed by atoms with Gasteiger partial charge in [-0.1, -0.05) is 11.6 Å². The molecule has 0 atom stereocenters. The van der Waals surface area contributed by atoms with Gasteiger partial charge < -0.3 is 0 Å². The molecule has 2 aromatic heterocycles. The minimum absolute atomic E-state index is 0.541. The van der Waals surface area contributed by atoms with Crippen LogP contribution >= 0.6 is 22.9 Å². The van der Waals surface area contributed by atoms with Crippen LogP contribution in [0.5, 0.6) is 0 Å². The lowest BCUT2D eigenvalue weighted by Crippen LogP contribution is -1.76. The first-order valence-corrected chi connectivity index (χ1v) is 4.33. The summed E-state index contributed by atoms with van der Waals surface area (Å²) in [6.45, 7) is 2.03. The summed E-state index contributed by atoms with van der Waals surface area (Å²) >= 11 is 7.46. The van der Waals surface area contributed by atoms with E-state index in [1.807, 2.05) is 13.0 Å². The molecule has 0 aliphatic rings. The summed E-state index contributed by atoms with van der Waals surface area (Å²) in [7, 11) is 0. The van der Waals surface area contributed by atoms with Crippen LogP contribution in [0.15, 0.2) is 12.4 Å². The first-order valence-electron chi connectivity index (χ1n) is 3.14. The Bertz CT molecular complexity index is 396. The standard InChI is InChI=1S/C7H5ClN2S/c1-4-2-5-6(8)9-3-10-7(5)11-4/h2-3H,1H3. The van der Waals surface area contributed by atoms with Gasteiger partial charge in [-0.2, -0.15) is 0 Å². The number of hydrogen-bond acceptors (Lipinski definition) is 3. The van der Waals surface area contributed by atoms with Crippen LogP contribution in [0.4, 0.5) is 0 Å². The molecule has 0 saturated heterocycles. The second kappa shape index (κ2) is 2.43. The predicted octanol–water partition coefficient (Wildman–Crippen LogP) is 2.65. The summed E-state index contributed by atoms with van der Waals surface area (Å²) in [6.07, 6.45) is 1.49. The van der Waals surface area contributed by atoms with Crippen molar-refractivity contribution in [1.29, 1.82) is 0 Å². The zero-order valence-corrected chi connectivity index (χ0v) is 7.41. The molecule has 0 spiro atoms. The fraction of sp³-hybridized carbons (Fsp3) is 0.143. The molecular formula is C7H5ClN2S. The van der Waals surface area contributed by atoms with Crippen LogP contribution in [0.1, 0.15) is 4.88 Å². The largest absolute Gasteiger partial charge is 0.225 e. The van der Waals surface area contributed by atoms with Gasteiger partial charge in [0.15, 0.2) is 0 Å². The van der Waals surface area contributed by atoms with Crippen molar-refractivity contribution in [3.8, 4) is 0 Å². The van der Waals surface area contributed by atoms with Gasteiger partial charge in [0.1, 0.15) is 16.3 Å². The van der Waals surface area contributed by atoms with Crippen LogP contribution < -0.4 is 0 Å². The second-order valence-electron chi connectivity index (χ2n) is 2.24. The van der Waals surface area contributed by atoms with Gasteiger partial charge in [-0.25, -0.2) is 9.97 Å². The van der Waals surface area contributed by atoms with Gasteiger partial charge in [0.2, 0.25) is 0 Å². The number of aromatic nitrogens is 2. The number of halogens is 1. The fourth-order valence-corrected chi connectivity index (χ4v) is 2.04. The van der Waals surface area contributed by atoms with Crippen molar-refractivity contribution in [2.75, 3.05) is 0 Å². The number of rotatable bonds is 0. The highest BCUT2D eigenvalue weighted by Crippen LogP contribution is 2.26. The SMILES string of the molecule is Cc1cc2c(Cl)ncnc2s1. The van der Waals surface area contributed by atoms with E-state index in [0.29, 0.717) is 5.15 Å². The van der Waals surface area contributed by atoms with Gasteiger partial charge in [0, 0.05) is 10.3 Å². The monoisotopic (exact) mass is 184 g/mol. The average molecular weight is 185 g/mol. The first kappa shape index (κ1) is 7.00. The van der Waals surface area contributed by atoms with E-state index >= 15 is 0 Å². The predicted molar refractivity (Wildman–Crippen MR) is 47.2 cm³/mol. The normalized spacial score (nSPS) is 10.7. The highest BCUT2D eigenvalue weighted by Gasteiger charge is 2.02. The van der Waals surface area contributed by atoms with Gasteiger partial charge in [-0.05, 0) is 13.0 Å². The maximum atomic E-state index is 5.83. The van der Waals surface area contributed by atoms with Gasteiger partial charge >= 0.3 is 0 Å². The molecule has 2 rings (SSSR count). The molecule has 0 aliphatic heterocycles. The third kappa shape index (κ3) is 1.10. The summed E-state index contributed by atoms with van der Waals surface area (Å²) < 4.78 is 0. The lowest BCUT2D eigenvalue weighted by molar-refractivity contribution is 1.23. The third-order valence-corrected chi connectivity index (χ3v) is 2.66. The van der Waals surface area contributed by atoms with Crippen LogP contribution in [0.25, 0.3) is 10.2 Å². The van der Waals surface area contributed by atoms with Crippen molar-refractivity contribution in [3.63, 3.8) is 0 Å². The summed E-state index contributed by atoms with van der Waals surface area (Å²) in [4.78, 5) is 10.1. The zero-order chi connectivity index (χ0) is 7.84. The number of hydrogen-bond donors (Lipinski definition) is 0. The molecule has 0 amide bonds. The molecule has 0 N–H and O–H groups in total. The van der Waals surface area contributed by atoms with Gasteiger partial charge in [-0.3, -0.25) is 0 Å². The Balaban J connectivity index is 2.90. The summed E-state index contributed by atoms with van der Waals surface area (Å²) in [5.41, 5.74) is 0. The molecule has 0 aliphatic carbocycles. The van der Waals surface area contributed by atoms with E-state index in [1.54, 1.807) is 11.3 Å². The van der Waals surface area contributed by atoms with Crippen LogP contribution in [0.3, 0.4) is 0 Å². The molecule has 2 nitrogen and oxygen atoms in total. The van der Waals surface area contributed by atoms with Crippen LogP contribution in [0, 0.1) is 6.92 Å². The molecule has 0 bridgehead atoms. The molecule has 11 heavy (non-hydrogen) atoms. The summed E-state index contributed by atoms with van der Waals surface area (Å²) in [5, 5.41) is 1.50. The Morgan fingerprint density at radius 2 is 2.27 bits per heavy atom. The summed E-state index contributed by atoms with van der Waals surface area (Å²) in [5.74, 6) is 0. The van der Waals surface area contributed by atoms with E-state index in [1.165, 1.54) is 11.2 Å². The number of nitrogens with zero attached hydrogens (tertiary/aromatic N) is 2. The lowest BCUT2D eigenvalue weighted by atomic mass is 10.4. The van der Waals surface area contributed by atoms with Gasteiger partial charge in [0.25, 0.3) is 0 Å². The van der Waals surface area contributed by atoms with E-state index in [4.69, 9.17) is 11.6 Å². The Labute approximate surface area is 72.9 Å². The maximum Gasteiger partial charge on any atom is 0.141 e. The molecule has 0 fully saturated rings. The topological polar surface area (TPSA) is 25.8 Å². The second-order valence-corrected chi connectivity index (χ2v) is 3.83. The third-order valence-electron chi connectivity index (χ3n) is 1.40. The molecule has 2 heterocycles. The minimum Gasteiger partial charge on any atom is -0.225 e. The molecule has 4 heteroatoms.